The van der Waals surface area contributed by atoms with Crippen LogP contribution >= 0.6 is 11.3 Å². The van der Waals surface area contributed by atoms with Crippen molar-refractivity contribution in [1.29, 1.82) is 0 Å². The third-order valence-electron chi connectivity index (χ3n) is 4.64. The number of imidazole rings is 1. The molecule has 0 bridgehead atoms. The standard InChI is InChI=1S/C20H21N5OS/c1-3-15(19-9-6-10-27-19)22-20(26)17-11-14(23-24-17)12-25-13(2)21-16-7-4-5-8-18(16)25/h4-11,15H,3,12H2,1-2H3,(H,22,26)(H,23,24). The van der Waals surface area contributed by atoms with Gasteiger partial charge in [-0.25, -0.2) is 4.98 Å². The predicted molar refractivity (Wildman–Crippen MR) is 107 cm³/mol. The van der Waals surface area contributed by atoms with Crippen molar-refractivity contribution in [2.24, 2.45) is 0 Å². The van der Waals surface area contributed by atoms with Gasteiger partial charge in [0.05, 0.1) is 29.3 Å². The minimum Gasteiger partial charge on any atom is -0.343 e. The summed E-state index contributed by atoms with van der Waals surface area (Å²) in [5.74, 6) is 0.769. The highest BCUT2D eigenvalue weighted by atomic mass is 32.1. The molecule has 0 radical (unpaired) electrons. The zero-order chi connectivity index (χ0) is 18.8. The summed E-state index contributed by atoms with van der Waals surface area (Å²) in [4.78, 5) is 18.3. The summed E-state index contributed by atoms with van der Waals surface area (Å²) < 4.78 is 2.12. The molecule has 3 aromatic heterocycles. The van der Waals surface area contributed by atoms with Gasteiger partial charge in [0.1, 0.15) is 11.5 Å². The second-order valence-electron chi connectivity index (χ2n) is 6.46. The van der Waals surface area contributed by atoms with E-state index < -0.39 is 0 Å². The lowest BCUT2D eigenvalue weighted by Gasteiger charge is -2.14. The Morgan fingerprint density at radius 1 is 1.30 bits per heavy atom. The highest BCUT2D eigenvalue weighted by Gasteiger charge is 2.17. The molecule has 1 aromatic carbocycles. The molecule has 0 aliphatic heterocycles. The van der Waals surface area contributed by atoms with Crippen molar-refractivity contribution in [2.75, 3.05) is 0 Å². The molecular formula is C20H21N5OS. The number of fused-ring (bicyclic) bond motifs is 1. The Balaban J connectivity index is 1.51. The summed E-state index contributed by atoms with van der Waals surface area (Å²) in [7, 11) is 0. The zero-order valence-corrected chi connectivity index (χ0v) is 16.1. The Labute approximate surface area is 161 Å². The van der Waals surface area contributed by atoms with Crippen LogP contribution in [0.5, 0.6) is 0 Å². The lowest BCUT2D eigenvalue weighted by molar-refractivity contribution is 0.0931. The van der Waals surface area contributed by atoms with Crippen LogP contribution < -0.4 is 5.32 Å². The number of hydrogen-bond donors (Lipinski definition) is 2. The second-order valence-corrected chi connectivity index (χ2v) is 7.44. The number of carbonyl (C=O) groups is 1. The molecule has 6 nitrogen and oxygen atoms in total. The molecule has 2 N–H and O–H groups in total. The fraction of sp³-hybridized carbons (Fsp3) is 0.250. The van der Waals surface area contributed by atoms with Crippen molar-refractivity contribution in [3.05, 3.63) is 69.9 Å². The lowest BCUT2D eigenvalue weighted by atomic mass is 10.2. The largest absolute Gasteiger partial charge is 0.343 e. The quantitative estimate of drug-likeness (QED) is 0.530. The number of aromatic nitrogens is 4. The van der Waals surface area contributed by atoms with Gasteiger partial charge in [-0.05, 0) is 43.0 Å². The van der Waals surface area contributed by atoms with Gasteiger partial charge in [-0.3, -0.25) is 9.89 Å². The number of amides is 1. The lowest BCUT2D eigenvalue weighted by Crippen LogP contribution is -2.27. The van der Waals surface area contributed by atoms with E-state index in [1.807, 2.05) is 54.8 Å². The molecular weight excluding hydrogens is 358 g/mol. The molecule has 1 unspecified atom stereocenters. The molecule has 0 saturated heterocycles. The van der Waals surface area contributed by atoms with Crippen LogP contribution in [0.2, 0.25) is 0 Å². The van der Waals surface area contributed by atoms with Crippen molar-refractivity contribution in [3.63, 3.8) is 0 Å². The Bertz CT molecular complexity index is 1060. The minimum atomic E-state index is -0.162. The predicted octanol–water partition coefficient (Wildman–Crippen LogP) is 4.06. The number of nitrogens with one attached hydrogen (secondary N) is 2. The van der Waals surface area contributed by atoms with Gasteiger partial charge >= 0.3 is 0 Å². The van der Waals surface area contributed by atoms with Crippen molar-refractivity contribution in [3.8, 4) is 0 Å². The molecule has 1 amide bonds. The second kappa shape index (κ2) is 7.36. The maximum Gasteiger partial charge on any atom is 0.272 e. The van der Waals surface area contributed by atoms with E-state index in [-0.39, 0.29) is 11.9 Å². The smallest absolute Gasteiger partial charge is 0.272 e. The van der Waals surface area contributed by atoms with E-state index in [1.165, 1.54) is 0 Å². The topological polar surface area (TPSA) is 75.6 Å². The van der Waals surface area contributed by atoms with Gasteiger partial charge in [0.25, 0.3) is 5.91 Å². The normalized spacial score (nSPS) is 12.4. The first kappa shape index (κ1) is 17.5. The van der Waals surface area contributed by atoms with Crippen LogP contribution in [0.3, 0.4) is 0 Å². The zero-order valence-electron chi connectivity index (χ0n) is 15.3. The first-order chi connectivity index (χ1) is 13.2. The first-order valence-corrected chi connectivity index (χ1v) is 9.84. The first-order valence-electron chi connectivity index (χ1n) is 8.96. The summed E-state index contributed by atoms with van der Waals surface area (Å²) in [6.07, 6.45) is 0.837. The van der Waals surface area contributed by atoms with E-state index >= 15 is 0 Å². The Kier molecular flexibility index (Phi) is 4.77. The highest BCUT2D eigenvalue weighted by Crippen LogP contribution is 2.22. The van der Waals surface area contributed by atoms with E-state index in [2.05, 4.69) is 32.0 Å². The number of H-pyrrole nitrogens is 1. The number of benzene rings is 1. The van der Waals surface area contributed by atoms with E-state index in [9.17, 15) is 4.79 Å². The number of para-hydroxylation sites is 2. The Hall–Kier alpha value is -2.93. The number of aromatic amines is 1. The maximum atomic E-state index is 12.6. The molecule has 4 aromatic rings. The number of nitrogens with zero attached hydrogens (tertiary/aromatic N) is 3. The van der Waals surface area contributed by atoms with Crippen LogP contribution in [-0.2, 0) is 6.54 Å². The van der Waals surface area contributed by atoms with E-state index in [0.29, 0.717) is 12.2 Å². The highest BCUT2D eigenvalue weighted by molar-refractivity contribution is 7.10. The number of carbonyl (C=O) groups excluding carboxylic acids is 1. The van der Waals surface area contributed by atoms with Crippen LogP contribution in [0.25, 0.3) is 11.0 Å². The van der Waals surface area contributed by atoms with E-state index in [0.717, 1.165) is 33.8 Å². The minimum absolute atomic E-state index is 0.0116. The van der Waals surface area contributed by atoms with E-state index in [1.54, 1.807) is 11.3 Å². The van der Waals surface area contributed by atoms with Gasteiger partial charge in [0.15, 0.2) is 0 Å². The molecule has 7 heteroatoms. The van der Waals surface area contributed by atoms with Crippen LogP contribution in [0.15, 0.2) is 47.8 Å². The van der Waals surface area contributed by atoms with Crippen LogP contribution in [-0.4, -0.2) is 25.7 Å². The average Bonchev–Trinajstić information content (AvgIpc) is 3.41. The molecule has 0 fully saturated rings. The monoisotopic (exact) mass is 379 g/mol. The average molecular weight is 379 g/mol. The molecule has 0 spiro atoms. The fourth-order valence-electron chi connectivity index (χ4n) is 3.22. The summed E-state index contributed by atoms with van der Waals surface area (Å²) in [6.45, 7) is 4.64. The number of thiophene rings is 1. The maximum absolute atomic E-state index is 12.6. The van der Waals surface area contributed by atoms with Gasteiger partial charge in [0, 0.05) is 4.88 Å². The van der Waals surface area contributed by atoms with E-state index in [4.69, 9.17) is 0 Å². The molecule has 1 atom stereocenters. The third kappa shape index (κ3) is 3.50. The van der Waals surface area contributed by atoms with Crippen molar-refractivity contribution in [2.45, 2.75) is 32.9 Å². The summed E-state index contributed by atoms with van der Waals surface area (Å²) in [5.41, 5.74) is 3.31. The molecule has 3 heterocycles. The molecule has 4 rings (SSSR count). The summed E-state index contributed by atoms with van der Waals surface area (Å²) >= 11 is 1.65. The van der Waals surface area contributed by atoms with Crippen molar-refractivity contribution < 1.29 is 4.79 Å². The molecule has 138 valence electrons. The molecule has 0 aliphatic carbocycles. The van der Waals surface area contributed by atoms with Crippen molar-refractivity contribution >= 4 is 28.3 Å². The fourth-order valence-corrected chi connectivity index (χ4v) is 4.08. The van der Waals surface area contributed by atoms with Crippen LogP contribution in [0.4, 0.5) is 0 Å². The molecule has 27 heavy (non-hydrogen) atoms. The Morgan fingerprint density at radius 3 is 2.93 bits per heavy atom. The summed E-state index contributed by atoms with van der Waals surface area (Å²) in [6, 6.07) is 13.9. The van der Waals surface area contributed by atoms with Gasteiger partial charge in [0.2, 0.25) is 0 Å². The molecule has 0 saturated carbocycles. The van der Waals surface area contributed by atoms with Gasteiger partial charge in [-0.15, -0.1) is 11.3 Å². The van der Waals surface area contributed by atoms with Gasteiger partial charge in [-0.1, -0.05) is 25.1 Å². The van der Waals surface area contributed by atoms with Gasteiger partial charge < -0.3 is 9.88 Å². The van der Waals surface area contributed by atoms with Gasteiger partial charge in [-0.2, -0.15) is 5.10 Å². The Morgan fingerprint density at radius 2 is 2.15 bits per heavy atom. The van der Waals surface area contributed by atoms with Crippen LogP contribution in [0, 0.1) is 6.92 Å². The van der Waals surface area contributed by atoms with Crippen molar-refractivity contribution in [1.82, 2.24) is 25.1 Å². The van der Waals surface area contributed by atoms with Crippen LogP contribution in [0.1, 0.15) is 46.3 Å². The molecule has 0 aliphatic rings. The number of hydrogen-bond acceptors (Lipinski definition) is 4. The SMILES string of the molecule is CCC(NC(=O)c1cc(Cn2c(C)nc3ccccc32)[nH]n1)c1cccs1. The third-order valence-corrected chi connectivity index (χ3v) is 5.62. The number of rotatable bonds is 6. The summed E-state index contributed by atoms with van der Waals surface area (Å²) in [5, 5.41) is 12.3. The number of aryl methyl sites for hydroxylation is 1.